The Labute approximate surface area is 224 Å². The third-order valence-electron chi connectivity index (χ3n) is 6.18. The van der Waals surface area contributed by atoms with E-state index in [0.29, 0.717) is 54.4 Å². The van der Waals surface area contributed by atoms with E-state index in [2.05, 4.69) is 10.2 Å². The van der Waals surface area contributed by atoms with Gasteiger partial charge in [-0.1, -0.05) is 27.9 Å². The molecule has 0 N–H and O–H groups in total. The molecular formula is C25H23ClF6N4O3. The molecule has 0 saturated heterocycles. The molecule has 1 atom stereocenters. The van der Waals surface area contributed by atoms with Crippen molar-refractivity contribution < 1.29 is 40.3 Å². The van der Waals surface area contributed by atoms with E-state index >= 15 is 0 Å². The monoisotopic (exact) mass is 576 g/mol. The van der Waals surface area contributed by atoms with Crippen LogP contribution in [0.25, 0.3) is 0 Å². The van der Waals surface area contributed by atoms with Gasteiger partial charge in [0.25, 0.3) is 0 Å². The van der Waals surface area contributed by atoms with Crippen molar-refractivity contribution in [2.75, 3.05) is 18.1 Å². The molecule has 4 rings (SSSR count). The Balaban J connectivity index is 1.76. The van der Waals surface area contributed by atoms with Gasteiger partial charge in [-0.3, -0.25) is 9.69 Å². The van der Waals surface area contributed by atoms with Crippen LogP contribution in [0.15, 0.2) is 40.8 Å². The molecule has 1 aliphatic heterocycles. The number of benzene rings is 2. The molecule has 0 radical (unpaired) electrons. The molecule has 3 aromatic rings. The van der Waals surface area contributed by atoms with E-state index in [9.17, 15) is 31.1 Å². The van der Waals surface area contributed by atoms with Crippen molar-refractivity contribution >= 4 is 29.2 Å². The molecule has 1 unspecified atom stereocenters. The first-order valence-electron chi connectivity index (χ1n) is 11.9. The quantitative estimate of drug-likeness (QED) is 0.290. The topological polar surface area (TPSA) is 71.7 Å². The van der Waals surface area contributed by atoms with E-state index in [4.69, 9.17) is 20.8 Å². The second-order valence-electron chi connectivity index (χ2n) is 8.86. The molecule has 0 aliphatic carbocycles. The van der Waals surface area contributed by atoms with Gasteiger partial charge in [-0.15, -0.1) is 0 Å². The number of alkyl halides is 6. The fourth-order valence-electron chi connectivity index (χ4n) is 4.52. The van der Waals surface area contributed by atoms with Gasteiger partial charge in [-0.2, -0.15) is 26.3 Å². The van der Waals surface area contributed by atoms with Crippen LogP contribution in [0.2, 0.25) is 5.02 Å². The lowest BCUT2D eigenvalue weighted by molar-refractivity contribution is -0.143. The summed E-state index contributed by atoms with van der Waals surface area (Å²) in [4.78, 5) is 15.7. The first-order valence-corrected chi connectivity index (χ1v) is 12.2. The third kappa shape index (κ3) is 6.40. The maximum atomic E-state index is 13.4. The van der Waals surface area contributed by atoms with Crippen molar-refractivity contribution in [2.24, 2.45) is 0 Å². The standard InChI is InChI=1S/C25H23ClF6N4O3/c1-3-38-23-34-33-22(39-23)35-8-4-5-20(19-7-6-18(26)12-21(19)35)36(14(2)37)13-15-9-16(24(27,28)29)11-17(10-15)25(30,31)32/h6-7,9-12,20H,3-5,8,13H2,1-2H3. The van der Waals surface area contributed by atoms with Crippen molar-refractivity contribution in [1.82, 2.24) is 15.1 Å². The Morgan fingerprint density at radius 3 is 2.36 bits per heavy atom. The minimum absolute atomic E-state index is 0.0488. The van der Waals surface area contributed by atoms with Crippen LogP contribution in [0.4, 0.5) is 38.0 Å². The van der Waals surface area contributed by atoms with Gasteiger partial charge in [0, 0.05) is 25.0 Å². The molecular weight excluding hydrogens is 554 g/mol. The number of ether oxygens (including phenoxy) is 1. The maximum Gasteiger partial charge on any atom is 0.416 e. The molecule has 210 valence electrons. The van der Waals surface area contributed by atoms with Gasteiger partial charge < -0.3 is 14.1 Å². The molecule has 0 spiro atoms. The molecule has 2 heterocycles. The smallest absolute Gasteiger partial charge is 0.416 e. The Hall–Kier alpha value is -3.48. The zero-order valence-corrected chi connectivity index (χ0v) is 21.5. The number of amides is 1. The van der Waals surface area contributed by atoms with Gasteiger partial charge in [0.05, 0.1) is 29.5 Å². The number of aromatic nitrogens is 2. The molecule has 1 amide bonds. The van der Waals surface area contributed by atoms with Crippen molar-refractivity contribution in [3.05, 3.63) is 63.7 Å². The van der Waals surface area contributed by atoms with Crippen molar-refractivity contribution in [2.45, 2.75) is 51.6 Å². The van der Waals surface area contributed by atoms with Gasteiger partial charge in [-0.25, -0.2) is 0 Å². The van der Waals surface area contributed by atoms with Gasteiger partial charge >= 0.3 is 24.4 Å². The normalized spacial score (nSPS) is 16.0. The highest BCUT2D eigenvalue weighted by Crippen LogP contribution is 2.42. The van der Waals surface area contributed by atoms with Crippen LogP contribution in [-0.4, -0.2) is 34.2 Å². The number of halogens is 7. The molecule has 1 aliphatic rings. The van der Waals surface area contributed by atoms with Gasteiger partial charge in [0.15, 0.2) is 0 Å². The molecule has 14 heteroatoms. The predicted molar refractivity (Wildman–Crippen MR) is 129 cm³/mol. The number of hydrogen-bond donors (Lipinski definition) is 0. The summed E-state index contributed by atoms with van der Waals surface area (Å²) in [6.45, 7) is 3.12. The number of anilines is 2. The van der Waals surface area contributed by atoms with Crippen molar-refractivity contribution in [3.8, 4) is 6.08 Å². The molecule has 0 bridgehead atoms. The van der Waals surface area contributed by atoms with Crippen LogP contribution in [0.1, 0.15) is 55.0 Å². The fourth-order valence-corrected chi connectivity index (χ4v) is 4.68. The largest absolute Gasteiger partial charge is 0.449 e. The fraction of sp³-hybridized carbons (Fsp3) is 0.400. The number of rotatable bonds is 6. The summed E-state index contributed by atoms with van der Waals surface area (Å²) in [6.07, 6.45) is -9.25. The minimum Gasteiger partial charge on any atom is -0.449 e. The number of hydrogen-bond acceptors (Lipinski definition) is 6. The highest BCUT2D eigenvalue weighted by molar-refractivity contribution is 6.30. The highest BCUT2D eigenvalue weighted by Gasteiger charge is 2.38. The molecule has 39 heavy (non-hydrogen) atoms. The zero-order valence-electron chi connectivity index (χ0n) is 20.7. The van der Waals surface area contributed by atoms with Crippen LogP contribution in [0.3, 0.4) is 0 Å². The van der Waals surface area contributed by atoms with Crippen molar-refractivity contribution in [3.63, 3.8) is 0 Å². The van der Waals surface area contributed by atoms with Crippen LogP contribution in [0, 0.1) is 0 Å². The lowest BCUT2D eigenvalue weighted by Gasteiger charge is -2.32. The Kier molecular flexibility index (Phi) is 8.01. The molecule has 0 saturated carbocycles. The van der Waals surface area contributed by atoms with E-state index in [1.807, 2.05) is 0 Å². The van der Waals surface area contributed by atoms with Gasteiger partial charge in [-0.05, 0) is 61.2 Å². The summed E-state index contributed by atoms with van der Waals surface area (Å²) in [5, 5.41) is 8.21. The van der Waals surface area contributed by atoms with Gasteiger partial charge in [0.1, 0.15) is 0 Å². The summed E-state index contributed by atoms with van der Waals surface area (Å²) in [7, 11) is 0. The predicted octanol–water partition coefficient (Wildman–Crippen LogP) is 7.18. The number of fused-ring (bicyclic) bond motifs is 1. The van der Waals surface area contributed by atoms with Crippen LogP contribution in [0.5, 0.6) is 6.08 Å². The zero-order chi connectivity index (χ0) is 28.5. The van der Waals surface area contributed by atoms with Crippen LogP contribution in [-0.2, 0) is 23.7 Å². The summed E-state index contributed by atoms with van der Waals surface area (Å²) < 4.78 is 91.4. The first-order chi connectivity index (χ1) is 18.3. The van der Waals surface area contributed by atoms with Crippen molar-refractivity contribution in [1.29, 1.82) is 0 Å². The minimum atomic E-state index is -5.01. The van der Waals surface area contributed by atoms with Crippen LogP contribution < -0.4 is 9.64 Å². The molecule has 0 fully saturated rings. The van der Waals surface area contributed by atoms with E-state index in [1.54, 1.807) is 30.0 Å². The average molecular weight is 577 g/mol. The van der Waals surface area contributed by atoms with E-state index < -0.39 is 42.0 Å². The Bertz CT molecular complexity index is 1310. The Morgan fingerprint density at radius 1 is 1.10 bits per heavy atom. The lowest BCUT2D eigenvalue weighted by atomic mass is 9.98. The lowest BCUT2D eigenvalue weighted by Crippen LogP contribution is -2.33. The second-order valence-corrected chi connectivity index (χ2v) is 9.29. The summed E-state index contributed by atoms with van der Waals surface area (Å²) in [6, 6.07) is 5.58. The van der Waals surface area contributed by atoms with Gasteiger partial charge in [0.2, 0.25) is 5.91 Å². The summed E-state index contributed by atoms with van der Waals surface area (Å²) in [5.41, 5.74) is -2.13. The number of carbonyl (C=O) groups is 1. The van der Waals surface area contributed by atoms with E-state index in [1.165, 1.54) is 11.8 Å². The van der Waals surface area contributed by atoms with Crippen LogP contribution >= 0.6 is 11.6 Å². The van der Waals surface area contributed by atoms with E-state index in [-0.39, 0.29) is 23.7 Å². The first kappa shape index (κ1) is 28.5. The molecule has 7 nitrogen and oxygen atoms in total. The molecule has 2 aromatic carbocycles. The van der Waals surface area contributed by atoms with E-state index in [0.717, 1.165) is 0 Å². The Morgan fingerprint density at radius 2 is 1.77 bits per heavy atom. The SMILES string of the molecule is CCOc1nnc(N2CCCC(N(Cc3cc(C(F)(F)F)cc(C(F)(F)F)c3)C(C)=O)c3ccc(Cl)cc32)o1. The summed E-state index contributed by atoms with van der Waals surface area (Å²) in [5.74, 6) is -0.531. The number of carbonyl (C=O) groups excluding carboxylic acids is 1. The summed E-state index contributed by atoms with van der Waals surface area (Å²) >= 11 is 6.27. The third-order valence-corrected chi connectivity index (χ3v) is 6.41. The maximum absolute atomic E-state index is 13.4. The second kappa shape index (κ2) is 10.9. The average Bonchev–Trinajstić information content (AvgIpc) is 3.22. The molecule has 1 aromatic heterocycles. The highest BCUT2D eigenvalue weighted by atomic mass is 35.5. The number of nitrogens with zero attached hydrogens (tertiary/aromatic N) is 4.